The lowest BCUT2D eigenvalue weighted by Crippen LogP contribution is -2.48. The van der Waals surface area contributed by atoms with Gasteiger partial charge >= 0.3 is 6.18 Å². The number of aryl methyl sites for hydroxylation is 1. The zero-order chi connectivity index (χ0) is 24.3. The molecule has 0 N–H and O–H groups in total. The number of fused-ring (bicyclic) bond motifs is 1. The van der Waals surface area contributed by atoms with Gasteiger partial charge in [-0.2, -0.15) is 13.2 Å². The van der Waals surface area contributed by atoms with Gasteiger partial charge in [-0.25, -0.2) is 0 Å². The molecule has 1 aliphatic heterocycles. The van der Waals surface area contributed by atoms with Gasteiger partial charge in [-0.3, -0.25) is 9.59 Å². The third kappa shape index (κ3) is 5.18. The minimum atomic E-state index is -4.38. The number of piperazine rings is 1. The molecular weight excluding hydrogens is 447 g/mol. The molecule has 6 nitrogen and oxygen atoms in total. The molecule has 3 aromatic rings. The number of rotatable bonds is 6. The molecule has 0 saturated carbocycles. The molecule has 9 heteroatoms. The fourth-order valence-corrected chi connectivity index (χ4v) is 4.16. The predicted octanol–water partition coefficient (Wildman–Crippen LogP) is 4.07. The molecule has 34 heavy (non-hydrogen) atoms. The Bertz CT molecular complexity index is 1230. The van der Waals surface area contributed by atoms with Crippen LogP contribution in [-0.2, 0) is 18.0 Å². The zero-order valence-corrected chi connectivity index (χ0v) is 18.8. The maximum Gasteiger partial charge on any atom is 0.416 e. The number of halogens is 3. The standard InChI is InChI=1S/C25H26F3N3O3/c1-29-21-9-3-2-8-20(21)22(17-24(29)33)34-15-5-10-23(32)31-13-11-30(12-14-31)19-7-4-6-18(16-19)25(26,27)28/h2-4,6-9,16-17H,5,10-15H2,1H3. The summed E-state index contributed by atoms with van der Waals surface area (Å²) in [6.07, 6.45) is -3.59. The summed E-state index contributed by atoms with van der Waals surface area (Å²) in [5.41, 5.74) is 0.451. The highest BCUT2D eigenvalue weighted by Gasteiger charge is 2.31. The third-order valence-corrected chi connectivity index (χ3v) is 6.08. The Morgan fingerprint density at radius 2 is 1.74 bits per heavy atom. The Morgan fingerprint density at radius 3 is 2.47 bits per heavy atom. The molecule has 0 radical (unpaired) electrons. The van der Waals surface area contributed by atoms with Crippen LogP contribution in [0.15, 0.2) is 59.4 Å². The summed E-state index contributed by atoms with van der Waals surface area (Å²) in [6, 6.07) is 14.2. The number of anilines is 1. The predicted molar refractivity (Wildman–Crippen MR) is 124 cm³/mol. The number of carbonyl (C=O) groups excluding carboxylic acids is 1. The molecule has 2 aromatic carbocycles. The summed E-state index contributed by atoms with van der Waals surface area (Å²) in [5.74, 6) is 0.488. The zero-order valence-electron chi connectivity index (χ0n) is 18.8. The lowest BCUT2D eigenvalue weighted by molar-refractivity contribution is -0.137. The summed E-state index contributed by atoms with van der Waals surface area (Å²) in [6.45, 7) is 2.16. The number of carbonyl (C=O) groups is 1. The molecule has 0 atom stereocenters. The van der Waals surface area contributed by atoms with Crippen LogP contribution in [0.25, 0.3) is 10.9 Å². The minimum absolute atomic E-state index is 0.0128. The topological polar surface area (TPSA) is 54.8 Å². The van der Waals surface area contributed by atoms with Crippen molar-refractivity contribution in [2.75, 3.05) is 37.7 Å². The van der Waals surface area contributed by atoms with Crippen LogP contribution in [0.5, 0.6) is 5.75 Å². The first-order chi connectivity index (χ1) is 16.2. The van der Waals surface area contributed by atoms with Gasteiger partial charge in [0.1, 0.15) is 5.75 Å². The van der Waals surface area contributed by atoms with Crippen LogP contribution in [0.4, 0.5) is 18.9 Å². The monoisotopic (exact) mass is 473 g/mol. The molecule has 4 rings (SSSR count). The van der Waals surface area contributed by atoms with E-state index in [0.29, 0.717) is 57.1 Å². The maximum absolute atomic E-state index is 13.0. The molecule has 2 heterocycles. The summed E-state index contributed by atoms with van der Waals surface area (Å²) < 4.78 is 46.3. The number of ether oxygens (including phenoxy) is 1. The number of para-hydroxylation sites is 1. The normalized spacial score (nSPS) is 14.5. The van der Waals surface area contributed by atoms with Gasteiger partial charge < -0.3 is 19.1 Å². The van der Waals surface area contributed by atoms with Gasteiger partial charge in [0.15, 0.2) is 0 Å². The van der Waals surface area contributed by atoms with Gasteiger partial charge in [-0.1, -0.05) is 18.2 Å². The lowest BCUT2D eigenvalue weighted by atomic mass is 10.1. The van der Waals surface area contributed by atoms with Crippen molar-refractivity contribution in [1.29, 1.82) is 0 Å². The number of alkyl halides is 3. The van der Waals surface area contributed by atoms with E-state index in [-0.39, 0.29) is 11.5 Å². The highest BCUT2D eigenvalue weighted by Crippen LogP contribution is 2.32. The summed E-state index contributed by atoms with van der Waals surface area (Å²) in [7, 11) is 1.71. The molecule has 0 aliphatic carbocycles. The average Bonchev–Trinajstić information content (AvgIpc) is 2.84. The number of amides is 1. The maximum atomic E-state index is 13.0. The third-order valence-electron chi connectivity index (χ3n) is 6.08. The van der Waals surface area contributed by atoms with Crippen LogP contribution >= 0.6 is 0 Å². The number of benzene rings is 2. The van der Waals surface area contributed by atoms with Gasteiger partial charge in [0.2, 0.25) is 5.91 Å². The second kappa shape index (κ2) is 9.79. The average molecular weight is 473 g/mol. The second-order valence-corrected chi connectivity index (χ2v) is 8.29. The molecule has 0 spiro atoms. The fourth-order valence-electron chi connectivity index (χ4n) is 4.16. The van der Waals surface area contributed by atoms with E-state index in [0.717, 1.165) is 23.0 Å². The molecule has 1 amide bonds. The van der Waals surface area contributed by atoms with Crippen molar-refractivity contribution in [1.82, 2.24) is 9.47 Å². The summed E-state index contributed by atoms with van der Waals surface area (Å²) >= 11 is 0. The van der Waals surface area contributed by atoms with Gasteiger partial charge in [0.05, 0.1) is 17.7 Å². The molecule has 1 saturated heterocycles. The van der Waals surface area contributed by atoms with Crippen LogP contribution in [0.2, 0.25) is 0 Å². The fraction of sp³-hybridized carbons (Fsp3) is 0.360. The van der Waals surface area contributed by atoms with E-state index in [4.69, 9.17) is 4.74 Å². The first kappa shape index (κ1) is 23.7. The first-order valence-electron chi connectivity index (χ1n) is 11.2. The van der Waals surface area contributed by atoms with E-state index in [9.17, 15) is 22.8 Å². The van der Waals surface area contributed by atoms with E-state index in [1.165, 1.54) is 12.1 Å². The van der Waals surface area contributed by atoms with E-state index in [1.54, 1.807) is 22.6 Å². The Balaban J connectivity index is 1.27. The number of pyridine rings is 1. The summed E-state index contributed by atoms with van der Waals surface area (Å²) in [4.78, 5) is 28.4. The Labute approximate surface area is 195 Å². The molecule has 1 fully saturated rings. The van der Waals surface area contributed by atoms with E-state index >= 15 is 0 Å². The van der Waals surface area contributed by atoms with Crippen LogP contribution < -0.4 is 15.2 Å². The number of aromatic nitrogens is 1. The van der Waals surface area contributed by atoms with Gasteiger partial charge in [0.25, 0.3) is 5.56 Å². The quantitative estimate of drug-likeness (QED) is 0.507. The van der Waals surface area contributed by atoms with Crippen LogP contribution in [0, 0.1) is 0 Å². The minimum Gasteiger partial charge on any atom is -0.493 e. The molecular formula is C25H26F3N3O3. The van der Waals surface area contributed by atoms with Gasteiger partial charge in [0, 0.05) is 56.8 Å². The van der Waals surface area contributed by atoms with Crippen molar-refractivity contribution in [3.63, 3.8) is 0 Å². The Hall–Kier alpha value is -3.49. The SMILES string of the molecule is Cn1c(=O)cc(OCCCC(=O)N2CCN(c3cccc(C(F)(F)F)c3)CC2)c2ccccc21. The number of hydrogen-bond acceptors (Lipinski definition) is 4. The highest BCUT2D eigenvalue weighted by atomic mass is 19.4. The smallest absolute Gasteiger partial charge is 0.416 e. The Kier molecular flexibility index (Phi) is 6.81. The van der Waals surface area contributed by atoms with E-state index in [1.807, 2.05) is 29.2 Å². The van der Waals surface area contributed by atoms with Crippen molar-refractivity contribution >= 4 is 22.5 Å². The van der Waals surface area contributed by atoms with Gasteiger partial charge in [-0.05, 0) is 36.8 Å². The van der Waals surface area contributed by atoms with Crippen molar-refractivity contribution in [3.05, 3.63) is 70.5 Å². The second-order valence-electron chi connectivity index (χ2n) is 8.29. The number of nitrogens with zero attached hydrogens (tertiary/aromatic N) is 3. The van der Waals surface area contributed by atoms with Crippen LogP contribution in [0.3, 0.4) is 0 Å². The largest absolute Gasteiger partial charge is 0.493 e. The lowest BCUT2D eigenvalue weighted by Gasteiger charge is -2.36. The van der Waals surface area contributed by atoms with Crippen molar-refractivity contribution in [2.45, 2.75) is 19.0 Å². The molecule has 0 bridgehead atoms. The number of hydrogen-bond donors (Lipinski definition) is 0. The van der Waals surface area contributed by atoms with E-state index in [2.05, 4.69) is 0 Å². The first-order valence-corrected chi connectivity index (χ1v) is 11.2. The highest BCUT2D eigenvalue weighted by molar-refractivity contribution is 5.85. The Morgan fingerprint density at radius 1 is 1.00 bits per heavy atom. The molecule has 0 unspecified atom stereocenters. The van der Waals surface area contributed by atoms with Gasteiger partial charge in [-0.15, -0.1) is 0 Å². The van der Waals surface area contributed by atoms with Crippen LogP contribution in [0.1, 0.15) is 18.4 Å². The van der Waals surface area contributed by atoms with Crippen molar-refractivity contribution in [2.24, 2.45) is 7.05 Å². The molecule has 1 aliphatic rings. The van der Waals surface area contributed by atoms with Crippen molar-refractivity contribution < 1.29 is 22.7 Å². The van der Waals surface area contributed by atoms with E-state index < -0.39 is 11.7 Å². The molecule has 180 valence electrons. The van der Waals surface area contributed by atoms with Crippen LogP contribution in [-0.4, -0.2) is 48.2 Å². The molecule has 1 aromatic heterocycles. The van der Waals surface area contributed by atoms with Crippen molar-refractivity contribution in [3.8, 4) is 5.75 Å². The summed E-state index contributed by atoms with van der Waals surface area (Å²) in [5, 5.41) is 0.835.